The summed E-state index contributed by atoms with van der Waals surface area (Å²) in [6, 6.07) is 42.9. The molecule has 5 heterocycles. The van der Waals surface area contributed by atoms with Crippen LogP contribution >= 0.6 is 0 Å². The van der Waals surface area contributed by atoms with Crippen molar-refractivity contribution in [1.82, 2.24) is 25.6 Å². The summed E-state index contributed by atoms with van der Waals surface area (Å²) in [5.74, 6) is 0. The lowest BCUT2D eigenvalue weighted by atomic mass is 9.92. The molecule has 2 aliphatic heterocycles. The van der Waals surface area contributed by atoms with E-state index in [-0.39, 0.29) is 0 Å². The average Bonchev–Trinajstić information content (AvgIpc) is 3.21. The summed E-state index contributed by atoms with van der Waals surface area (Å²) in [7, 11) is 0. The molecule has 0 atom stereocenters. The summed E-state index contributed by atoms with van der Waals surface area (Å²) < 4.78 is 0. The summed E-state index contributed by atoms with van der Waals surface area (Å²) >= 11 is 0. The van der Waals surface area contributed by atoms with Gasteiger partial charge >= 0.3 is 0 Å². The standard InChI is InChI=1S/C45H33N5/c1-2-11-32(12-3-1)35-13-10-14-36-44(35)37-27-33(22-23-38(37)50-45(36)41-17-6-9-26-48-41)30-18-20-31(21-19-30)34-28-42(39-15-4-7-24-46-39)49-43(29-34)40-16-5-8-25-47-40/h1-24,27-29,47-48H,25-26H2. The number of fused-ring (bicyclic) bond motifs is 3. The fourth-order valence-corrected chi connectivity index (χ4v) is 6.89. The number of pyridine rings is 3. The first-order valence-corrected chi connectivity index (χ1v) is 17.0. The lowest BCUT2D eigenvalue weighted by Gasteiger charge is -2.18. The van der Waals surface area contributed by atoms with Gasteiger partial charge in [0.1, 0.15) is 0 Å². The minimum Gasteiger partial charge on any atom is -0.380 e. The van der Waals surface area contributed by atoms with Gasteiger partial charge in [0, 0.05) is 35.4 Å². The molecular weight excluding hydrogens is 611 g/mol. The number of nitrogens with one attached hydrogen (secondary N) is 2. The zero-order chi connectivity index (χ0) is 33.3. The lowest BCUT2D eigenvalue weighted by Crippen LogP contribution is -2.15. The normalized spacial score (nSPS) is 13.8. The molecule has 0 unspecified atom stereocenters. The van der Waals surface area contributed by atoms with Crippen LogP contribution in [-0.2, 0) is 0 Å². The highest BCUT2D eigenvalue weighted by atomic mass is 14.9. The number of allylic oxidation sites excluding steroid dienone is 4. The molecule has 9 rings (SSSR count). The largest absolute Gasteiger partial charge is 0.380 e. The smallest absolute Gasteiger partial charge is 0.0947 e. The molecule has 7 aromatic rings. The zero-order valence-corrected chi connectivity index (χ0v) is 27.3. The molecule has 0 spiro atoms. The maximum Gasteiger partial charge on any atom is 0.0947 e. The third kappa shape index (κ3) is 5.55. The molecule has 0 radical (unpaired) electrons. The summed E-state index contributed by atoms with van der Waals surface area (Å²) in [5, 5.41) is 10.5. The topological polar surface area (TPSA) is 62.7 Å². The Kier molecular flexibility index (Phi) is 7.56. The maximum absolute atomic E-state index is 5.24. The van der Waals surface area contributed by atoms with Gasteiger partial charge in [-0.2, -0.15) is 0 Å². The summed E-state index contributed by atoms with van der Waals surface area (Å²) in [6.07, 6.45) is 14.4. The molecule has 2 N–H and O–H groups in total. The van der Waals surface area contributed by atoms with Gasteiger partial charge in [0.2, 0.25) is 0 Å². The fraction of sp³-hybridized carbons (Fsp3) is 0.0444. The molecule has 0 fully saturated rings. The van der Waals surface area contributed by atoms with Gasteiger partial charge < -0.3 is 10.6 Å². The molecule has 4 aromatic carbocycles. The summed E-state index contributed by atoms with van der Waals surface area (Å²) in [6.45, 7) is 1.57. The molecule has 0 saturated heterocycles. The first kappa shape index (κ1) is 29.5. The molecule has 2 aliphatic rings. The number of aromatic nitrogens is 3. The van der Waals surface area contributed by atoms with Gasteiger partial charge in [0.05, 0.1) is 39.7 Å². The van der Waals surface area contributed by atoms with Crippen molar-refractivity contribution < 1.29 is 0 Å². The second-order valence-electron chi connectivity index (χ2n) is 12.5. The molecule has 238 valence electrons. The van der Waals surface area contributed by atoms with Crippen molar-refractivity contribution in [2.75, 3.05) is 13.1 Å². The minimum absolute atomic E-state index is 0.780. The number of dihydropyridines is 2. The zero-order valence-electron chi connectivity index (χ0n) is 27.3. The highest BCUT2D eigenvalue weighted by Crippen LogP contribution is 2.39. The molecule has 0 bridgehead atoms. The van der Waals surface area contributed by atoms with Crippen LogP contribution in [0.25, 0.3) is 77.8 Å². The van der Waals surface area contributed by atoms with E-state index < -0.39 is 0 Å². The second-order valence-corrected chi connectivity index (χ2v) is 12.5. The van der Waals surface area contributed by atoms with Crippen LogP contribution in [0.2, 0.25) is 0 Å². The number of hydrogen-bond acceptors (Lipinski definition) is 5. The first-order valence-electron chi connectivity index (χ1n) is 17.0. The van der Waals surface area contributed by atoms with Crippen molar-refractivity contribution >= 4 is 33.1 Å². The van der Waals surface area contributed by atoms with E-state index in [2.05, 4.69) is 155 Å². The van der Waals surface area contributed by atoms with Crippen molar-refractivity contribution in [3.63, 3.8) is 0 Å². The third-order valence-corrected chi connectivity index (χ3v) is 9.36. The molecule has 3 aromatic heterocycles. The van der Waals surface area contributed by atoms with Gasteiger partial charge in [-0.25, -0.2) is 9.97 Å². The van der Waals surface area contributed by atoms with E-state index in [0.717, 1.165) is 85.8 Å². The van der Waals surface area contributed by atoms with E-state index in [1.165, 1.54) is 16.5 Å². The second kappa shape index (κ2) is 12.8. The van der Waals surface area contributed by atoms with Gasteiger partial charge in [-0.15, -0.1) is 0 Å². The van der Waals surface area contributed by atoms with E-state index in [1.807, 2.05) is 24.4 Å². The molecule has 0 aliphatic carbocycles. The highest BCUT2D eigenvalue weighted by molar-refractivity contribution is 6.16. The first-order chi connectivity index (χ1) is 24.8. The minimum atomic E-state index is 0.780. The van der Waals surface area contributed by atoms with E-state index in [0.29, 0.717) is 0 Å². The van der Waals surface area contributed by atoms with Crippen LogP contribution in [0.15, 0.2) is 164 Å². The monoisotopic (exact) mass is 643 g/mol. The Morgan fingerprint density at radius 3 is 1.94 bits per heavy atom. The predicted octanol–water partition coefficient (Wildman–Crippen LogP) is 9.85. The van der Waals surface area contributed by atoms with Gasteiger partial charge in [0.25, 0.3) is 0 Å². The number of benzene rings is 4. The van der Waals surface area contributed by atoms with Crippen molar-refractivity contribution in [2.45, 2.75) is 0 Å². The summed E-state index contributed by atoms with van der Waals surface area (Å²) in [4.78, 5) is 14.8. The van der Waals surface area contributed by atoms with Gasteiger partial charge in [-0.1, -0.05) is 109 Å². The Morgan fingerprint density at radius 1 is 0.480 bits per heavy atom. The molecular formula is C45H33N5. The fourth-order valence-electron chi connectivity index (χ4n) is 6.89. The predicted molar refractivity (Wildman–Crippen MR) is 207 cm³/mol. The Bertz CT molecular complexity index is 2510. The Morgan fingerprint density at radius 2 is 1.20 bits per heavy atom. The SMILES string of the molecule is C1=CCNC(c2cc(-c3ccc(-c4ccc5nc(C6=CC=CCN6)c6cccc(-c7ccccc7)c6c5c4)cc3)cc(-c3ccccn3)n2)=C1. The van der Waals surface area contributed by atoms with E-state index >= 15 is 0 Å². The third-order valence-electron chi connectivity index (χ3n) is 9.36. The van der Waals surface area contributed by atoms with E-state index in [4.69, 9.17) is 9.97 Å². The van der Waals surface area contributed by atoms with Crippen molar-refractivity contribution in [3.8, 4) is 44.8 Å². The Balaban J connectivity index is 1.16. The molecule has 50 heavy (non-hydrogen) atoms. The van der Waals surface area contributed by atoms with Crippen molar-refractivity contribution in [2.24, 2.45) is 0 Å². The van der Waals surface area contributed by atoms with E-state index in [9.17, 15) is 0 Å². The van der Waals surface area contributed by atoms with Crippen LogP contribution in [0.4, 0.5) is 0 Å². The Hall–Kier alpha value is -6.59. The van der Waals surface area contributed by atoms with Crippen LogP contribution in [0.5, 0.6) is 0 Å². The number of hydrogen-bond donors (Lipinski definition) is 2. The van der Waals surface area contributed by atoms with Crippen LogP contribution in [-0.4, -0.2) is 28.0 Å². The molecule has 5 heteroatoms. The van der Waals surface area contributed by atoms with E-state index in [1.54, 1.807) is 0 Å². The van der Waals surface area contributed by atoms with Gasteiger partial charge in [-0.3, -0.25) is 4.98 Å². The lowest BCUT2D eigenvalue weighted by molar-refractivity contribution is 0.981. The van der Waals surface area contributed by atoms with Crippen LogP contribution in [0.1, 0.15) is 11.4 Å². The van der Waals surface area contributed by atoms with Crippen molar-refractivity contribution in [3.05, 3.63) is 175 Å². The van der Waals surface area contributed by atoms with Crippen molar-refractivity contribution in [1.29, 1.82) is 0 Å². The Labute approximate surface area is 291 Å². The quantitative estimate of drug-likeness (QED) is 0.177. The van der Waals surface area contributed by atoms with Gasteiger partial charge in [-0.05, 0) is 81.9 Å². The summed E-state index contributed by atoms with van der Waals surface area (Å²) in [5.41, 5.74) is 13.5. The van der Waals surface area contributed by atoms with Gasteiger partial charge in [0.15, 0.2) is 0 Å². The number of rotatable bonds is 6. The highest BCUT2D eigenvalue weighted by Gasteiger charge is 2.17. The maximum atomic E-state index is 5.24. The van der Waals surface area contributed by atoms with Crippen LogP contribution in [0, 0.1) is 0 Å². The van der Waals surface area contributed by atoms with Crippen LogP contribution < -0.4 is 10.6 Å². The molecule has 0 saturated carbocycles. The number of nitrogens with zero attached hydrogens (tertiary/aromatic N) is 3. The molecule has 5 nitrogen and oxygen atoms in total. The average molecular weight is 644 g/mol. The molecule has 0 amide bonds. The van der Waals surface area contributed by atoms with Crippen LogP contribution in [0.3, 0.4) is 0 Å².